The van der Waals surface area contributed by atoms with E-state index in [1.54, 1.807) is 0 Å². The fraction of sp³-hybridized carbons (Fsp3) is 0.600. The predicted molar refractivity (Wildman–Crippen MR) is 80.0 cm³/mol. The van der Waals surface area contributed by atoms with Crippen LogP contribution >= 0.6 is 11.8 Å². The summed E-state index contributed by atoms with van der Waals surface area (Å²) in [5.41, 5.74) is 5.64. The van der Waals surface area contributed by atoms with E-state index in [2.05, 4.69) is 51.4 Å². The first-order valence-electron chi connectivity index (χ1n) is 6.33. The zero-order valence-corrected chi connectivity index (χ0v) is 12.6. The smallest absolute Gasteiger partial charge is 0.0213 e. The molecule has 96 valence electrons. The van der Waals surface area contributed by atoms with E-state index >= 15 is 0 Å². The van der Waals surface area contributed by atoms with Gasteiger partial charge in [0, 0.05) is 12.6 Å². The van der Waals surface area contributed by atoms with Gasteiger partial charge in [0.25, 0.3) is 0 Å². The van der Waals surface area contributed by atoms with Crippen LogP contribution in [0.15, 0.2) is 12.1 Å². The number of benzene rings is 1. The fourth-order valence-electron chi connectivity index (χ4n) is 2.16. The van der Waals surface area contributed by atoms with Crippen molar-refractivity contribution in [3.63, 3.8) is 0 Å². The molecule has 1 aromatic carbocycles. The normalized spacial score (nSPS) is 12.8. The van der Waals surface area contributed by atoms with Gasteiger partial charge in [-0.1, -0.05) is 17.7 Å². The highest BCUT2D eigenvalue weighted by Crippen LogP contribution is 2.16. The van der Waals surface area contributed by atoms with Gasteiger partial charge in [-0.3, -0.25) is 0 Å². The average molecular weight is 251 g/mol. The van der Waals surface area contributed by atoms with Gasteiger partial charge in [-0.2, -0.15) is 11.8 Å². The largest absolute Gasteiger partial charge is 0.310 e. The van der Waals surface area contributed by atoms with Crippen molar-refractivity contribution in [3.8, 4) is 0 Å². The van der Waals surface area contributed by atoms with Crippen molar-refractivity contribution in [1.82, 2.24) is 5.32 Å². The minimum Gasteiger partial charge on any atom is -0.310 e. The van der Waals surface area contributed by atoms with Crippen LogP contribution in [0.3, 0.4) is 0 Å². The molecular weight excluding hydrogens is 226 g/mol. The third kappa shape index (κ3) is 4.72. The second-order valence-electron chi connectivity index (χ2n) is 4.94. The third-order valence-corrected chi connectivity index (χ3v) is 3.87. The Kier molecular flexibility index (Phi) is 6.07. The molecule has 0 aliphatic heterocycles. The summed E-state index contributed by atoms with van der Waals surface area (Å²) in [7, 11) is 0. The summed E-state index contributed by atoms with van der Waals surface area (Å²) in [5.74, 6) is 1.24. The Bertz CT molecular complexity index is 337. The third-order valence-electron chi connectivity index (χ3n) is 3.22. The minimum absolute atomic E-state index is 0.600. The molecule has 0 saturated carbocycles. The molecule has 1 nitrogen and oxygen atoms in total. The number of aryl methyl sites for hydroxylation is 3. The highest BCUT2D eigenvalue weighted by atomic mass is 32.2. The van der Waals surface area contributed by atoms with Gasteiger partial charge in [-0.05, 0) is 62.8 Å². The monoisotopic (exact) mass is 251 g/mol. The molecule has 1 rings (SSSR count). The minimum atomic E-state index is 0.600. The van der Waals surface area contributed by atoms with Crippen molar-refractivity contribution in [3.05, 3.63) is 34.4 Å². The lowest BCUT2D eigenvalue weighted by Crippen LogP contribution is -2.26. The van der Waals surface area contributed by atoms with Crippen LogP contribution in [-0.2, 0) is 6.54 Å². The highest BCUT2D eigenvalue weighted by Gasteiger charge is 2.06. The van der Waals surface area contributed by atoms with Crippen molar-refractivity contribution in [2.45, 2.75) is 46.7 Å². The van der Waals surface area contributed by atoms with Crippen molar-refractivity contribution in [2.24, 2.45) is 0 Å². The molecule has 0 fully saturated rings. The maximum atomic E-state index is 3.62. The SMILES string of the molecule is CSCCC(C)NCc1c(C)cc(C)cc1C. The summed E-state index contributed by atoms with van der Waals surface area (Å²) in [4.78, 5) is 0. The van der Waals surface area contributed by atoms with E-state index in [4.69, 9.17) is 0 Å². The van der Waals surface area contributed by atoms with Gasteiger partial charge in [-0.15, -0.1) is 0 Å². The lowest BCUT2D eigenvalue weighted by molar-refractivity contribution is 0.535. The molecule has 0 spiro atoms. The topological polar surface area (TPSA) is 12.0 Å². The average Bonchev–Trinajstić information content (AvgIpc) is 2.24. The Morgan fingerprint density at radius 2 is 1.76 bits per heavy atom. The van der Waals surface area contributed by atoms with E-state index < -0.39 is 0 Å². The van der Waals surface area contributed by atoms with E-state index in [9.17, 15) is 0 Å². The first-order valence-corrected chi connectivity index (χ1v) is 7.73. The Morgan fingerprint density at radius 1 is 1.18 bits per heavy atom. The predicted octanol–water partition coefficient (Wildman–Crippen LogP) is 3.84. The van der Waals surface area contributed by atoms with Crippen LogP contribution in [0, 0.1) is 20.8 Å². The van der Waals surface area contributed by atoms with Crippen molar-refractivity contribution >= 4 is 11.8 Å². The molecule has 1 atom stereocenters. The molecule has 0 aliphatic rings. The number of hydrogen-bond donors (Lipinski definition) is 1. The highest BCUT2D eigenvalue weighted by molar-refractivity contribution is 7.98. The summed E-state index contributed by atoms with van der Waals surface area (Å²) in [6.07, 6.45) is 3.41. The zero-order chi connectivity index (χ0) is 12.8. The number of nitrogens with one attached hydrogen (secondary N) is 1. The summed E-state index contributed by atoms with van der Waals surface area (Å²) in [6.45, 7) is 9.86. The van der Waals surface area contributed by atoms with Gasteiger partial charge in [0.1, 0.15) is 0 Å². The molecule has 0 aliphatic carbocycles. The van der Waals surface area contributed by atoms with Crippen LogP contribution in [-0.4, -0.2) is 18.1 Å². The van der Waals surface area contributed by atoms with E-state index in [1.165, 1.54) is 34.4 Å². The summed E-state index contributed by atoms with van der Waals surface area (Å²) in [5, 5.41) is 3.62. The van der Waals surface area contributed by atoms with Gasteiger partial charge >= 0.3 is 0 Å². The Morgan fingerprint density at radius 3 is 2.29 bits per heavy atom. The van der Waals surface area contributed by atoms with E-state index in [0.717, 1.165) is 6.54 Å². The van der Waals surface area contributed by atoms with Gasteiger partial charge in [0.15, 0.2) is 0 Å². The number of thioether (sulfide) groups is 1. The van der Waals surface area contributed by atoms with Crippen molar-refractivity contribution in [2.75, 3.05) is 12.0 Å². The zero-order valence-electron chi connectivity index (χ0n) is 11.8. The molecule has 1 unspecified atom stereocenters. The lowest BCUT2D eigenvalue weighted by Gasteiger charge is -2.16. The Hall–Kier alpha value is -0.470. The second kappa shape index (κ2) is 7.07. The van der Waals surface area contributed by atoms with Gasteiger partial charge in [-0.25, -0.2) is 0 Å². The molecule has 0 bridgehead atoms. The number of rotatable bonds is 6. The quantitative estimate of drug-likeness (QED) is 0.824. The van der Waals surface area contributed by atoms with Crippen LogP contribution < -0.4 is 5.32 Å². The maximum absolute atomic E-state index is 3.62. The Balaban J connectivity index is 2.57. The van der Waals surface area contributed by atoms with Crippen LogP contribution in [0.25, 0.3) is 0 Å². The molecule has 1 aromatic rings. The standard InChI is InChI=1S/C15H25NS/c1-11-8-12(2)15(13(3)9-11)10-16-14(4)6-7-17-5/h8-9,14,16H,6-7,10H2,1-5H3. The molecule has 0 amide bonds. The summed E-state index contributed by atoms with van der Waals surface area (Å²) < 4.78 is 0. The molecule has 17 heavy (non-hydrogen) atoms. The van der Waals surface area contributed by atoms with Crippen LogP contribution in [0.4, 0.5) is 0 Å². The van der Waals surface area contributed by atoms with Crippen LogP contribution in [0.1, 0.15) is 35.6 Å². The van der Waals surface area contributed by atoms with Crippen LogP contribution in [0.2, 0.25) is 0 Å². The molecular formula is C15H25NS. The molecule has 0 aromatic heterocycles. The van der Waals surface area contributed by atoms with E-state index in [1.807, 2.05) is 11.8 Å². The van der Waals surface area contributed by atoms with Crippen molar-refractivity contribution < 1.29 is 0 Å². The molecule has 0 radical (unpaired) electrons. The van der Waals surface area contributed by atoms with Crippen molar-refractivity contribution in [1.29, 1.82) is 0 Å². The second-order valence-corrected chi connectivity index (χ2v) is 5.93. The molecule has 0 heterocycles. The van der Waals surface area contributed by atoms with Crippen LogP contribution in [0.5, 0.6) is 0 Å². The van der Waals surface area contributed by atoms with Gasteiger partial charge in [0.2, 0.25) is 0 Å². The molecule has 1 N–H and O–H groups in total. The fourth-order valence-corrected chi connectivity index (χ4v) is 2.75. The van der Waals surface area contributed by atoms with Gasteiger partial charge < -0.3 is 5.32 Å². The van der Waals surface area contributed by atoms with E-state index in [-0.39, 0.29) is 0 Å². The lowest BCUT2D eigenvalue weighted by atomic mass is 9.99. The maximum Gasteiger partial charge on any atom is 0.0213 e. The summed E-state index contributed by atoms with van der Waals surface area (Å²) in [6, 6.07) is 5.15. The number of hydrogen-bond acceptors (Lipinski definition) is 2. The summed E-state index contributed by atoms with van der Waals surface area (Å²) >= 11 is 1.92. The molecule has 0 saturated heterocycles. The van der Waals surface area contributed by atoms with Gasteiger partial charge in [0.05, 0.1) is 0 Å². The first kappa shape index (κ1) is 14.6. The van der Waals surface area contributed by atoms with E-state index in [0.29, 0.717) is 6.04 Å². The Labute approximate surface area is 110 Å². The first-order chi connectivity index (χ1) is 8.04. The molecule has 2 heteroatoms.